The molecule has 2 unspecified atom stereocenters. The van der Waals surface area contributed by atoms with Crippen molar-refractivity contribution in [3.63, 3.8) is 0 Å². The van der Waals surface area contributed by atoms with Crippen molar-refractivity contribution in [2.45, 2.75) is 38.1 Å². The van der Waals surface area contributed by atoms with E-state index in [1.807, 2.05) is 43.3 Å². The van der Waals surface area contributed by atoms with Crippen LogP contribution in [0.25, 0.3) is 0 Å². The van der Waals surface area contributed by atoms with Crippen LogP contribution in [-0.4, -0.2) is 5.91 Å². The van der Waals surface area contributed by atoms with Crippen LogP contribution in [0.4, 0.5) is 0 Å². The Hall–Kier alpha value is -1.80. The topological polar surface area (TPSA) is 29.1 Å². The minimum atomic E-state index is -0.450. The standard InChI is InChI=1S/C19H20ClNO/c1-3-12-19(2)16-7-5-4-6-15(16)17(21-18(19)22)13-8-10-14(20)11-9-13/h4-11,17H,3,12H2,1-2H3,(H,21,22). The first-order chi connectivity index (χ1) is 10.6. The van der Waals surface area contributed by atoms with Crippen molar-refractivity contribution < 1.29 is 4.79 Å². The highest BCUT2D eigenvalue weighted by atomic mass is 35.5. The summed E-state index contributed by atoms with van der Waals surface area (Å²) in [5.74, 6) is 0.105. The first-order valence-electron chi connectivity index (χ1n) is 7.72. The Morgan fingerprint density at radius 2 is 1.82 bits per heavy atom. The van der Waals surface area contributed by atoms with Crippen LogP contribution < -0.4 is 5.32 Å². The van der Waals surface area contributed by atoms with Crippen LogP contribution in [0.15, 0.2) is 48.5 Å². The molecule has 0 aromatic heterocycles. The van der Waals surface area contributed by atoms with E-state index < -0.39 is 5.41 Å². The third kappa shape index (κ3) is 2.42. The molecule has 1 amide bonds. The number of fused-ring (bicyclic) bond motifs is 1. The van der Waals surface area contributed by atoms with E-state index in [-0.39, 0.29) is 11.9 Å². The normalized spacial score (nSPS) is 23.8. The number of benzene rings is 2. The van der Waals surface area contributed by atoms with Gasteiger partial charge in [0.1, 0.15) is 0 Å². The van der Waals surface area contributed by atoms with Crippen LogP contribution >= 0.6 is 11.6 Å². The molecular weight excluding hydrogens is 294 g/mol. The summed E-state index contributed by atoms with van der Waals surface area (Å²) >= 11 is 5.98. The number of carbonyl (C=O) groups is 1. The molecule has 1 aliphatic heterocycles. The maximum atomic E-state index is 12.8. The van der Waals surface area contributed by atoms with Gasteiger partial charge in [0.05, 0.1) is 11.5 Å². The number of nitrogens with one attached hydrogen (secondary N) is 1. The lowest BCUT2D eigenvalue weighted by molar-refractivity contribution is -0.127. The van der Waals surface area contributed by atoms with Gasteiger partial charge in [0, 0.05) is 5.02 Å². The van der Waals surface area contributed by atoms with E-state index >= 15 is 0 Å². The number of hydrogen-bond acceptors (Lipinski definition) is 1. The third-order valence-electron chi connectivity index (χ3n) is 4.60. The van der Waals surface area contributed by atoms with Gasteiger partial charge in [-0.3, -0.25) is 4.79 Å². The fraction of sp³-hybridized carbons (Fsp3) is 0.316. The van der Waals surface area contributed by atoms with Gasteiger partial charge in [-0.05, 0) is 42.2 Å². The molecule has 0 radical (unpaired) electrons. The fourth-order valence-electron chi connectivity index (χ4n) is 3.41. The van der Waals surface area contributed by atoms with Crippen LogP contribution in [-0.2, 0) is 10.2 Å². The molecule has 1 aliphatic rings. The van der Waals surface area contributed by atoms with Crippen LogP contribution in [0, 0.1) is 0 Å². The summed E-state index contributed by atoms with van der Waals surface area (Å²) in [5.41, 5.74) is 2.93. The Morgan fingerprint density at radius 3 is 2.50 bits per heavy atom. The number of rotatable bonds is 3. The van der Waals surface area contributed by atoms with Crippen molar-refractivity contribution in [3.05, 3.63) is 70.2 Å². The zero-order chi connectivity index (χ0) is 15.7. The van der Waals surface area contributed by atoms with E-state index in [4.69, 9.17) is 11.6 Å². The van der Waals surface area contributed by atoms with E-state index in [1.165, 1.54) is 5.56 Å². The predicted octanol–water partition coefficient (Wildman–Crippen LogP) is 4.62. The molecule has 0 saturated carbocycles. The molecule has 3 rings (SSSR count). The molecule has 0 saturated heterocycles. The second-order valence-electron chi connectivity index (χ2n) is 6.13. The Balaban J connectivity index is 2.11. The van der Waals surface area contributed by atoms with Gasteiger partial charge in [0.15, 0.2) is 0 Å². The van der Waals surface area contributed by atoms with Gasteiger partial charge in [0.2, 0.25) is 5.91 Å². The second-order valence-corrected chi connectivity index (χ2v) is 6.56. The Bertz CT molecular complexity index is 695. The van der Waals surface area contributed by atoms with Crippen LogP contribution in [0.5, 0.6) is 0 Å². The molecule has 1 N–H and O–H groups in total. The van der Waals surface area contributed by atoms with Crippen LogP contribution in [0.1, 0.15) is 49.4 Å². The van der Waals surface area contributed by atoms with Gasteiger partial charge in [-0.1, -0.05) is 61.3 Å². The molecule has 0 spiro atoms. The van der Waals surface area contributed by atoms with E-state index in [2.05, 4.69) is 24.4 Å². The van der Waals surface area contributed by atoms with Gasteiger partial charge in [-0.2, -0.15) is 0 Å². The molecule has 114 valence electrons. The zero-order valence-corrected chi connectivity index (χ0v) is 13.7. The minimum absolute atomic E-state index is 0.105. The van der Waals surface area contributed by atoms with Crippen molar-refractivity contribution in [1.82, 2.24) is 5.32 Å². The van der Waals surface area contributed by atoms with E-state index in [0.717, 1.165) is 24.0 Å². The quantitative estimate of drug-likeness (QED) is 0.880. The van der Waals surface area contributed by atoms with Crippen molar-refractivity contribution in [2.24, 2.45) is 0 Å². The molecule has 2 aromatic rings. The second kappa shape index (κ2) is 5.77. The van der Waals surface area contributed by atoms with Gasteiger partial charge in [-0.25, -0.2) is 0 Å². The zero-order valence-electron chi connectivity index (χ0n) is 12.9. The van der Waals surface area contributed by atoms with Crippen molar-refractivity contribution in [1.29, 1.82) is 0 Å². The fourth-order valence-corrected chi connectivity index (χ4v) is 3.53. The van der Waals surface area contributed by atoms with Gasteiger partial charge in [0.25, 0.3) is 0 Å². The summed E-state index contributed by atoms with van der Waals surface area (Å²) in [5, 5.41) is 3.91. The van der Waals surface area contributed by atoms with Crippen molar-refractivity contribution in [3.8, 4) is 0 Å². The molecule has 1 heterocycles. The molecule has 3 heteroatoms. The molecule has 2 nitrogen and oxygen atoms in total. The largest absolute Gasteiger partial charge is 0.344 e. The molecule has 2 aromatic carbocycles. The summed E-state index contributed by atoms with van der Waals surface area (Å²) in [7, 11) is 0. The predicted molar refractivity (Wildman–Crippen MR) is 90.1 cm³/mol. The summed E-state index contributed by atoms with van der Waals surface area (Å²) in [4.78, 5) is 12.8. The molecule has 0 aliphatic carbocycles. The maximum Gasteiger partial charge on any atom is 0.231 e. The molecular formula is C19H20ClNO. The lowest BCUT2D eigenvalue weighted by Crippen LogP contribution is -2.49. The van der Waals surface area contributed by atoms with Crippen molar-refractivity contribution >= 4 is 17.5 Å². The monoisotopic (exact) mass is 313 g/mol. The number of amides is 1. The summed E-state index contributed by atoms with van der Waals surface area (Å²) in [6.45, 7) is 4.16. The lowest BCUT2D eigenvalue weighted by Gasteiger charge is -2.39. The minimum Gasteiger partial charge on any atom is -0.344 e. The SMILES string of the molecule is CCCC1(C)C(=O)NC(c2ccc(Cl)cc2)c2ccccc21. The molecule has 22 heavy (non-hydrogen) atoms. The van der Waals surface area contributed by atoms with Gasteiger partial charge >= 0.3 is 0 Å². The summed E-state index contributed by atoms with van der Waals surface area (Å²) < 4.78 is 0. The molecule has 0 bridgehead atoms. The van der Waals surface area contributed by atoms with E-state index in [1.54, 1.807) is 0 Å². The van der Waals surface area contributed by atoms with Crippen LogP contribution in [0.3, 0.4) is 0 Å². The Kier molecular flexibility index (Phi) is 3.96. The molecule has 2 atom stereocenters. The average molecular weight is 314 g/mol. The van der Waals surface area contributed by atoms with Gasteiger partial charge in [-0.15, -0.1) is 0 Å². The van der Waals surface area contributed by atoms with Crippen LogP contribution in [0.2, 0.25) is 5.02 Å². The number of carbonyl (C=O) groups excluding carboxylic acids is 1. The summed E-state index contributed by atoms with van der Waals surface area (Å²) in [6, 6.07) is 15.8. The average Bonchev–Trinajstić information content (AvgIpc) is 2.53. The lowest BCUT2D eigenvalue weighted by atomic mass is 9.71. The van der Waals surface area contributed by atoms with Gasteiger partial charge < -0.3 is 5.32 Å². The third-order valence-corrected chi connectivity index (χ3v) is 4.85. The Morgan fingerprint density at radius 1 is 1.14 bits per heavy atom. The number of halogens is 1. The summed E-state index contributed by atoms with van der Waals surface area (Å²) in [6.07, 6.45) is 1.83. The highest BCUT2D eigenvalue weighted by Gasteiger charge is 2.42. The highest BCUT2D eigenvalue weighted by molar-refractivity contribution is 6.30. The number of hydrogen-bond donors (Lipinski definition) is 1. The smallest absolute Gasteiger partial charge is 0.231 e. The first kappa shape index (κ1) is 15.1. The van der Waals surface area contributed by atoms with E-state index in [0.29, 0.717) is 5.02 Å². The Labute approximate surface area is 136 Å². The van der Waals surface area contributed by atoms with E-state index in [9.17, 15) is 4.79 Å². The van der Waals surface area contributed by atoms with Crippen molar-refractivity contribution in [2.75, 3.05) is 0 Å². The maximum absolute atomic E-state index is 12.8. The molecule has 0 fully saturated rings. The highest BCUT2D eigenvalue weighted by Crippen LogP contribution is 2.40. The first-order valence-corrected chi connectivity index (χ1v) is 8.10.